The van der Waals surface area contributed by atoms with Crippen LogP contribution in [0.2, 0.25) is 0 Å². The van der Waals surface area contributed by atoms with E-state index in [1.165, 1.54) is 23.9 Å². The van der Waals surface area contributed by atoms with E-state index in [9.17, 15) is 13.2 Å². The number of nitrogens with one attached hydrogen (secondary N) is 1. The maximum absolute atomic E-state index is 12.2. The van der Waals surface area contributed by atoms with Crippen LogP contribution in [-0.2, 0) is 14.8 Å². The van der Waals surface area contributed by atoms with Gasteiger partial charge in [0.1, 0.15) is 0 Å². The van der Waals surface area contributed by atoms with E-state index in [4.69, 9.17) is 4.74 Å². The second-order valence-electron chi connectivity index (χ2n) is 5.04. The Bertz CT molecular complexity index is 600. The van der Waals surface area contributed by atoms with Gasteiger partial charge in [0.2, 0.25) is 21.8 Å². The number of hydrogen-bond donors (Lipinski definition) is 1. The Labute approximate surface area is 124 Å². The fourth-order valence-corrected chi connectivity index (χ4v) is 3.19. The number of anilines is 1. The predicted octanol–water partition coefficient (Wildman–Crippen LogP) is 0.700. The topological polar surface area (TPSA) is 88.6 Å². The number of amides is 1. The highest BCUT2D eigenvalue weighted by atomic mass is 32.2. The molecule has 7 nitrogen and oxygen atoms in total. The molecule has 1 aliphatic heterocycles. The third kappa shape index (κ3) is 4.15. The molecule has 1 amide bonds. The van der Waals surface area contributed by atoms with Crippen LogP contribution in [0.4, 0.5) is 5.69 Å². The number of hydrogen-bond acceptors (Lipinski definition) is 5. The lowest BCUT2D eigenvalue weighted by molar-refractivity contribution is -0.120. The molecule has 21 heavy (non-hydrogen) atoms. The highest BCUT2D eigenvalue weighted by Crippen LogP contribution is 2.20. The van der Waals surface area contributed by atoms with E-state index < -0.39 is 10.0 Å². The van der Waals surface area contributed by atoms with E-state index in [0.29, 0.717) is 31.0 Å². The van der Waals surface area contributed by atoms with Crippen molar-refractivity contribution in [3.8, 4) is 5.88 Å². The average molecular weight is 313 g/mol. The molecule has 8 heteroatoms. The number of piperidine rings is 1. The number of rotatable bonds is 4. The quantitative estimate of drug-likeness (QED) is 0.884. The first kappa shape index (κ1) is 15.7. The molecule has 1 aromatic rings. The van der Waals surface area contributed by atoms with Gasteiger partial charge in [-0.05, 0) is 18.9 Å². The molecular weight excluding hydrogens is 294 g/mol. The molecule has 0 bridgehead atoms. The van der Waals surface area contributed by atoms with Gasteiger partial charge < -0.3 is 10.1 Å². The Morgan fingerprint density at radius 2 is 2.24 bits per heavy atom. The van der Waals surface area contributed by atoms with E-state index in [0.717, 1.165) is 0 Å². The lowest BCUT2D eigenvalue weighted by atomic mass is 9.99. The van der Waals surface area contributed by atoms with Gasteiger partial charge in [-0.25, -0.2) is 17.7 Å². The van der Waals surface area contributed by atoms with Gasteiger partial charge in [-0.1, -0.05) is 0 Å². The summed E-state index contributed by atoms with van der Waals surface area (Å²) in [6.07, 6.45) is 4.04. The van der Waals surface area contributed by atoms with Crippen LogP contribution in [0.15, 0.2) is 18.3 Å². The molecule has 0 unspecified atom stereocenters. The van der Waals surface area contributed by atoms with Gasteiger partial charge in [0.15, 0.2) is 0 Å². The van der Waals surface area contributed by atoms with E-state index in [2.05, 4.69) is 10.3 Å². The number of carbonyl (C=O) groups is 1. The summed E-state index contributed by atoms with van der Waals surface area (Å²) >= 11 is 0. The molecule has 1 N–H and O–H groups in total. The minimum absolute atomic E-state index is 0.185. The number of nitrogens with zero attached hydrogens (tertiary/aromatic N) is 2. The first-order valence-corrected chi connectivity index (χ1v) is 8.51. The summed E-state index contributed by atoms with van der Waals surface area (Å²) in [5.41, 5.74) is 0.567. The fraction of sp³-hybridized carbons (Fsp3) is 0.538. The minimum Gasteiger partial charge on any atom is -0.481 e. The Morgan fingerprint density at radius 1 is 1.48 bits per heavy atom. The second kappa shape index (κ2) is 6.40. The van der Waals surface area contributed by atoms with Crippen molar-refractivity contribution in [2.24, 2.45) is 5.92 Å². The number of carbonyl (C=O) groups excluding carboxylic acids is 1. The first-order valence-electron chi connectivity index (χ1n) is 6.66. The van der Waals surface area contributed by atoms with Crippen LogP contribution in [0.1, 0.15) is 12.8 Å². The summed E-state index contributed by atoms with van der Waals surface area (Å²) in [5.74, 6) is -0.0557. The SMILES string of the molecule is COc1ccc(NC(=O)[C@@H]2CCCN(S(C)(=O)=O)C2)cn1. The average Bonchev–Trinajstić information content (AvgIpc) is 2.47. The van der Waals surface area contributed by atoms with Crippen molar-refractivity contribution in [1.82, 2.24) is 9.29 Å². The molecule has 1 saturated heterocycles. The van der Waals surface area contributed by atoms with E-state index in [1.807, 2.05) is 0 Å². The van der Waals surface area contributed by atoms with Gasteiger partial charge in [-0.3, -0.25) is 4.79 Å². The normalized spacial score (nSPS) is 20.0. The maximum atomic E-state index is 12.2. The zero-order valence-electron chi connectivity index (χ0n) is 12.1. The van der Waals surface area contributed by atoms with E-state index >= 15 is 0 Å². The molecule has 0 saturated carbocycles. The Kier molecular flexibility index (Phi) is 4.79. The van der Waals surface area contributed by atoms with Crippen molar-refractivity contribution in [2.75, 3.05) is 31.8 Å². The van der Waals surface area contributed by atoms with Crippen molar-refractivity contribution in [3.05, 3.63) is 18.3 Å². The summed E-state index contributed by atoms with van der Waals surface area (Å²) < 4.78 is 29.4. The maximum Gasteiger partial charge on any atom is 0.228 e. The van der Waals surface area contributed by atoms with E-state index in [1.54, 1.807) is 12.1 Å². The number of ether oxygens (including phenoxy) is 1. The molecule has 1 fully saturated rings. The number of methoxy groups -OCH3 is 1. The molecule has 0 aliphatic carbocycles. The molecule has 1 aromatic heterocycles. The summed E-state index contributed by atoms with van der Waals surface area (Å²) in [4.78, 5) is 16.2. The van der Waals surface area contributed by atoms with Gasteiger partial charge in [-0.2, -0.15) is 0 Å². The largest absolute Gasteiger partial charge is 0.481 e. The van der Waals surface area contributed by atoms with Crippen molar-refractivity contribution in [3.63, 3.8) is 0 Å². The number of aromatic nitrogens is 1. The second-order valence-corrected chi connectivity index (χ2v) is 7.02. The minimum atomic E-state index is -3.25. The van der Waals surface area contributed by atoms with Crippen LogP contribution < -0.4 is 10.1 Å². The van der Waals surface area contributed by atoms with Crippen molar-refractivity contribution >= 4 is 21.6 Å². The third-order valence-corrected chi connectivity index (χ3v) is 4.71. The van der Waals surface area contributed by atoms with Crippen LogP contribution in [0.5, 0.6) is 5.88 Å². The Morgan fingerprint density at radius 3 is 2.81 bits per heavy atom. The van der Waals surface area contributed by atoms with Crippen LogP contribution in [0, 0.1) is 5.92 Å². The summed E-state index contributed by atoms with van der Waals surface area (Å²) in [5, 5.41) is 2.76. The van der Waals surface area contributed by atoms with Crippen molar-refractivity contribution in [1.29, 1.82) is 0 Å². The molecule has 2 rings (SSSR count). The summed E-state index contributed by atoms with van der Waals surface area (Å²) in [6.45, 7) is 0.709. The fourth-order valence-electron chi connectivity index (χ4n) is 2.28. The molecule has 1 atom stereocenters. The summed E-state index contributed by atoms with van der Waals surface area (Å²) in [7, 11) is -1.73. The zero-order valence-corrected chi connectivity index (χ0v) is 12.9. The first-order chi connectivity index (χ1) is 9.90. The van der Waals surface area contributed by atoms with Crippen LogP contribution >= 0.6 is 0 Å². The van der Waals surface area contributed by atoms with Crippen LogP contribution in [0.3, 0.4) is 0 Å². The predicted molar refractivity (Wildman–Crippen MR) is 78.6 cm³/mol. The number of sulfonamides is 1. The molecule has 0 spiro atoms. The van der Waals surface area contributed by atoms with Gasteiger partial charge in [0.05, 0.1) is 31.2 Å². The summed E-state index contributed by atoms with van der Waals surface area (Å²) in [6, 6.07) is 3.35. The lowest BCUT2D eigenvalue weighted by Gasteiger charge is -2.30. The Hall–Kier alpha value is -1.67. The van der Waals surface area contributed by atoms with Gasteiger partial charge in [0, 0.05) is 19.2 Å². The van der Waals surface area contributed by atoms with Crippen LogP contribution in [-0.4, -0.2) is 50.1 Å². The highest BCUT2D eigenvalue weighted by molar-refractivity contribution is 7.88. The van der Waals surface area contributed by atoms with Crippen LogP contribution in [0.25, 0.3) is 0 Å². The molecular formula is C13H19N3O4S. The van der Waals surface area contributed by atoms with Crippen molar-refractivity contribution < 1.29 is 17.9 Å². The molecule has 0 aromatic carbocycles. The third-order valence-electron chi connectivity index (χ3n) is 3.44. The number of pyridine rings is 1. The zero-order chi connectivity index (χ0) is 15.5. The smallest absolute Gasteiger partial charge is 0.228 e. The molecule has 1 aliphatic rings. The van der Waals surface area contributed by atoms with Gasteiger partial charge in [-0.15, -0.1) is 0 Å². The molecule has 0 radical (unpaired) electrons. The molecule has 2 heterocycles. The van der Waals surface area contributed by atoms with E-state index in [-0.39, 0.29) is 18.4 Å². The lowest BCUT2D eigenvalue weighted by Crippen LogP contribution is -2.43. The van der Waals surface area contributed by atoms with Gasteiger partial charge >= 0.3 is 0 Å². The van der Waals surface area contributed by atoms with Crippen molar-refractivity contribution in [2.45, 2.75) is 12.8 Å². The monoisotopic (exact) mass is 313 g/mol. The van der Waals surface area contributed by atoms with Gasteiger partial charge in [0.25, 0.3) is 0 Å². The Balaban J connectivity index is 1.99. The highest BCUT2D eigenvalue weighted by Gasteiger charge is 2.30. The molecule has 116 valence electrons. The standard InChI is InChI=1S/C13H19N3O4S/c1-20-12-6-5-11(8-14-12)15-13(17)10-4-3-7-16(9-10)21(2,18)19/h5-6,8,10H,3-4,7,9H2,1-2H3,(H,15,17)/t10-/m1/s1.